The van der Waals surface area contributed by atoms with E-state index < -0.39 is 0 Å². The number of methoxy groups -OCH3 is 1. The third kappa shape index (κ3) is 4.48. The molecule has 1 aliphatic carbocycles. The Balaban J connectivity index is 2.15. The third-order valence-electron chi connectivity index (χ3n) is 2.52. The van der Waals surface area contributed by atoms with Crippen molar-refractivity contribution in [3.8, 4) is 0 Å². The van der Waals surface area contributed by atoms with Crippen molar-refractivity contribution in [2.75, 3.05) is 21.0 Å². The highest BCUT2D eigenvalue weighted by Gasteiger charge is 2.23. The molecule has 88 valence electrons. The van der Waals surface area contributed by atoms with E-state index in [1.165, 1.54) is 0 Å². The molecule has 1 amide bonds. The summed E-state index contributed by atoms with van der Waals surface area (Å²) in [6, 6.07) is 0. The van der Waals surface area contributed by atoms with Gasteiger partial charge in [-0.05, 0) is 25.7 Å². The first-order valence-corrected chi connectivity index (χ1v) is 5.25. The summed E-state index contributed by atoms with van der Waals surface area (Å²) in [4.78, 5) is 10.9. The summed E-state index contributed by atoms with van der Waals surface area (Å²) >= 11 is 0. The fourth-order valence-electron chi connectivity index (χ4n) is 1.69. The van der Waals surface area contributed by atoms with E-state index in [-0.39, 0.29) is 18.3 Å². The van der Waals surface area contributed by atoms with Crippen LogP contribution in [-0.4, -0.2) is 39.3 Å². The van der Waals surface area contributed by atoms with E-state index in [0.29, 0.717) is 6.79 Å². The lowest BCUT2D eigenvalue weighted by molar-refractivity contribution is -0.0917. The van der Waals surface area contributed by atoms with Crippen LogP contribution < -0.4 is 5.32 Å². The molecule has 0 saturated heterocycles. The second-order valence-corrected chi connectivity index (χ2v) is 3.63. The van der Waals surface area contributed by atoms with Crippen molar-refractivity contribution in [3.05, 3.63) is 0 Å². The standard InChI is InChI=1S/C10H19NO4/c1-11-10(12)15-9-5-3-8(4-6-9)14-7-13-2/h8-9H,3-7H2,1-2H3,(H,11,12). The highest BCUT2D eigenvalue weighted by atomic mass is 16.7. The molecular formula is C10H19NO4. The Bertz CT molecular complexity index is 190. The lowest BCUT2D eigenvalue weighted by Gasteiger charge is -2.27. The minimum absolute atomic E-state index is 0.0346. The van der Waals surface area contributed by atoms with Gasteiger partial charge in [0.05, 0.1) is 6.10 Å². The number of amides is 1. The smallest absolute Gasteiger partial charge is 0.407 e. The largest absolute Gasteiger partial charge is 0.446 e. The molecule has 0 bridgehead atoms. The summed E-state index contributed by atoms with van der Waals surface area (Å²) in [5.41, 5.74) is 0. The SMILES string of the molecule is CNC(=O)OC1CCC(OCOC)CC1. The van der Waals surface area contributed by atoms with Crippen LogP contribution in [0.2, 0.25) is 0 Å². The first-order chi connectivity index (χ1) is 7.26. The summed E-state index contributed by atoms with van der Waals surface area (Å²) in [6.45, 7) is 0.339. The molecule has 0 spiro atoms. The van der Waals surface area contributed by atoms with E-state index in [1.807, 2.05) is 0 Å². The van der Waals surface area contributed by atoms with Gasteiger partial charge in [0.25, 0.3) is 0 Å². The lowest BCUT2D eigenvalue weighted by Crippen LogP contribution is -2.31. The maximum atomic E-state index is 10.9. The molecule has 1 saturated carbocycles. The number of carbonyl (C=O) groups excluding carboxylic acids is 1. The predicted molar refractivity (Wildman–Crippen MR) is 54.5 cm³/mol. The van der Waals surface area contributed by atoms with Crippen molar-refractivity contribution in [2.45, 2.75) is 37.9 Å². The predicted octanol–water partition coefficient (Wildman–Crippen LogP) is 1.27. The Labute approximate surface area is 90.1 Å². The first kappa shape index (κ1) is 12.3. The van der Waals surface area contributed by atoms with Crippen molar-refractivity contribution in [3.63, 3.8) is 0 Å². The van der Waals surface area contributed by atoms with Gasteiger partial charge < -0.3 is 19.5 Å². The molecule has 0 radical (unpaired) electrons. The average molecular weight is 217 g/mol. The number of nitrogens with one attached hydrogen (secondary N) is 1. The van der Waals surface area contributed by atoms with Crippen LogP contribution in [0.25, 0.3) is 0 Å². The number of rotatable bonds is 4. The van der Waals surface area contributed by atoms with Gasteiger partial charge in [-0.25, -0.2) is 4.79 Å². The molecule has 0 aromatic rings. The highest BCUT2D eigenvalue weighted by Crippen LogP contribution is 2.23. The molecule has 15 heavy (non-hydrogen) atoms. The number of alkyl carbamates (subject to hydrolysis) is 1. The van der Waals surface area contributed by atoms with Crippen LogP contribution in [0, 0.1) is 0 Å². The van der Waals surface area contributed by atoms with Gasteiger partial charge in [0.15, 0.2) is 0 Å². The molecule has 5 nitrogen and oxygen atoms in total. The summed E-state index contributed by atoms with van der Waals surface area (Å²) in [7, 11) is 3.18. The Morgan fingerprint density at radius 2 is 1.87 bits per heavy atom. The fraction of sp³-hybridized carbons (Fsp3) is 0.900. The van der Waals surface area contributed by atoms with Gasteiger partial charge in [-0.1, -0.05) is 0 Å². The van der Waals surface area contributed by atoms with Gasteiger partial charge in [0.1, 0.15) is 12.9 Å². The summed E-state index contributed by atoms with van der Waals surface area (Å²) in [5, 5.41) is 2.45. The molecular weight excluding hydrogens is 198 g/mol. The molecule has 0 heterocycles. The van der Waals surface area contributed by atoms with Gasteiger partial charge in [0.2, 0.25) is 0 Å². The van der Waals surface area contributed by atoms with E-state index >= 15 is 0 Å². The van der Waals surface area contributed by atoms with Crippen LogP contribution >= 0.6 is 0 Å². The third-order valence-corrected chi connectivity index (χ3v) is 2.52. The van der Waals surface area contributed by atoms with Crippen molar-refractivity contribution in [1.82, 2.24) is 5.32 Å². The zero-order chi connectivity index (χ0) is 11.1. The first-order valence-electron chi connectivity index (χ1n) is 5.25. The van der Waals surface area contributed by atoms with Crippen LogP contribution in [0.4, 0.5) is 4.79 Å². The molecule has 1 N–H and O–H groups in total. The number of carbonyl (C=O) groups is 1. The van der Waals surface area contributed by atoms with Crippen molar-refractivity contribution < 1.29 is 19.0 Å². The van der Waals surface area contributed by atoms with Gasteiger partial charge in [-0.2, -0.15) is 0 Å². The maximum Gasteiger partial charge on any atom is 0.407 e. The highest BCUT2D eigenvalue weighted by molar-refractivity contribution is 5.66. The maximum absolute atomic E-state index is 10.9. The molecule has 0 unspecified atom stereocenters. The topological polar surface area (TPSA) is 56.8 Å². The van der Waals surface area contributed by atoms with Crippen LogP contribution in [0.1, 0.15) is 25.7 Å². The quantitative estimate of drug-likeness (QED) is 0.720. The van der Waals surface area contributed by atoms with Gasteiger partial charge >= 0.3 is 6.09 Å². The molecule has 1 fully saturated rings. The van der Waals surface area contributed by atoms with Crippen LogP contribution in [-0.2, 0) is 14.2 Å². The molecule has 0 atom stereocenters. The zero-order valence-corrected chi connectivity index (χ0v) is 9.32. The van der Waals surface area contributed by atoms with Crippen molar-refractivity contribution >= 4 is 6.09 Å². The summed E-state index contributed by atoms with van der Waals surface area (Å²) in [6.07, 6.45) is 3.50. The van der Waals surface area contributed by atoms with Crippen LogP contribution in [0.15, 0.2) is 0 Å². The Morgan fingerprint density at radius 1 is 1.27 bits per heavy atom. The number of hydrogen-bond acceptors (Lipinski definition) is 4. The lowest BCUT2D eigenvalue weighted by atomic mass is 9.95. The van der Waals surface area contributed by atoms with Gasteiger partial charge in [-0.15, -0.1) is 0 Å². The normalized spacial score (nSPS) is 26.0. The molecule has 0 aromatic carbocycles. The van der Waals surface area contributed by atoms with E-state index in [2.05, 4.69) is 5.32 Å². The second-order valence-electron chi connectivity index (χ2n) is 3.63. The minimum atomic E-state index is -0.351. The van der Waals surface area contributed by atoms with E-state index in [9.17, 15) is 4.79 Å². The fourth-order valence-corrected chi connectivity index (χ4v) is 1.69. The Hall–Kier alpha value is -0.810. The van der Waals surface area contributed by atoms with E-state index in [4.69, 9.17) is 14.2 Å². The Morgan fingerprint density at radius 3 is 2.40 bits per heavy atom. The van der Waals surface area contributed by atoms with E-state index in [1.54, 1.807) is 14.2 Å². The summed E-state index contributed by atoms with van der Waals surface area (Å²) in [5.74, 6) is 0. The second kappa shape index (κ2) is 6.63. The number of hydrogen-bond donors (Lipinski definition) is 1. The molecule has 0 aromatic heterocycles. The minimum Gasteiger partial charge on any atom is -0.446 e. The summed E-state index contributed by atoms with van der Waals surface area (Å²) < 4.78 is 15.4. The monoisotopic (exact) mass is 217 g/mol. The van der Waals surface area contributed by atoms with Crippen molar-refractivity contribution in [2.24, 2.45) is 0 Å². The molecule has 5 heteroatoms. The van der Waals surface area contributed by atoms with Crippen LogP contribution in [0.3, 0.4) is 0 Å². The van der Waals surface area contributed by atoms with E-state index in [0.717, 1.165) is 25.7 Å². The zero-order valence-electron chi connectivity index (χ0n) is 9.32. The molecule has 0 aliphatic heterocycles. The van der Waals surface area contributed by atoms with Crippen LogP contribution in [0.5, 0.6) is 0 Å². The molecule has 1 aliphatic rings. The van der Waals surface area contributed by atoms with Gasteiger partial charge in [-0.3, -0.25) is 0 Å². The number of ether oxygens (including phenoxy) is 3. The van der Waals surface area contributed by atoms with Crippen molar-refractivity contribution in [1.29, 1.82) is 0 Å². The molecule has 1 rings (SSSR count). The van der Waals surface area contributed by atoms with Gasteiger partial charge in [0, 0.05) is 14.2 Å². The Kier molecular flexibility index (Phi) is 5.42. The average Bonchev–Trinajstić information content (AvgIpc) is 2.28.